The summed E-state index contributed by atoms with van der Waals surface area (Å²) in [5.41, 5.74) is 10.7. The van der Waals surface area contributed by atoms with Crippen molar-refractivity contribution in [1.82, 2.24) is 9.97 Å². The lowest BCUT2D eigenvalue weighted by molar-refractivity contribution is 0.586. The van der Waals surface area contributed by atoms with E-state index in [1.807, 2.05) is 18.2 Å². The first kappa shape index (κ1) is 20.9. The minimum absolute atomic E-state index is 0.213. The van der Waals surface area contributed by atoms with E-state index in [-0.39, 0.29) is 5.82 Å². The SMILES string of the molecule is CC1CCCC1.CC1CCN(c2cccc(N)n2)C1.Nc1cccc(F)n1. The summed E-state index contributed by atoms with van der Waals surface area (Å²) >= 11 is 0. The van der Waals surface area contributed by atoms with Crippen molar-refractivity contribution in [1.29, 1.82) is 0 Å². The third kappa shape index (κ3) is 7.81. The summed E-state index contributed by atoms with van der Waals surface area (Å²) in [6, 6.07) is 10.1. The van der Waals surface area contributed by atoms with Crippen LogP contribution in [0, 0.1) is 17.8 Å². The Morgan fingerprint density at radius 2 is 1.52 bits per heavy atom. The summed E-state index contributed by atoms with van der Waals surface area (Å²) in [7, 11) is 0. The molecule has 148 valence electrons. The van der Waals surface area contributed by atoms with Crippen LogP contribution in [-0.4, -0.2) is 23.1 Å². The smallest absolute Gasteiger partial charge is 0.214 e. The number of anilines is 3. The molecule has 2 aromatic rings. The van der Waals surface area contributed by atoms with Gasteiger partial charge in [-0.15, -0.1) is 0 Å². The van der Waals surface area contributed by atoms with E-state index in [0.29, 0.717) is 5.82 Å². The van der Waals surface area contributed by atoms with E-state index < -0.39 is 5.95 Å². The summed E-state index contributed by atoms with van der Waals surface area (Å²) in [5.74, 6) is 3.13. The van der Waals surface area contributed by atoms with Crippen LogP contribution < -0.4 is 16.4 Å². The van der Waals surface area contributed by atoms with Crippen LogP contribution in [0.1, 0.15) is 46.0 Å². The summed E-state index contributed by atoms with van der Waals surface area (Å²) < 4.78 is 12.0. The average Bonchev–Trinajstić information content (AvgIpc) is 3.27. The van der Waals surface area contributed by atoms with E-state index in [0.717, 1.165) is 30.7 Å². The number of hydrogen-bond donors (Lipinski definition) is 2. The van der Waals surface area contributed by atoms with Gasteiger partial charge in [-0.05, 0) is 42.5 Å². The second-order valence-electron chi connectivity index (χ2n) is 7.54. The molecule has 1 saturated heterocycles. The molecular formula is C21H32FN5. The molecule has 27 heavy (non-hydrogen) atoms. The molecule has 6 heteroatoms. The van der Waals surface area contributed by atoms with Gasteiger partial charge >= 0.3 is 0 Å². The Kier molecular flexibility index (Phi) is 8.30. The van der Waals surface area contributed by atoms with E-state index in [1.54, 1.807) is 0 Å². The van der Waals surface area contributed by atoms with Gasteiger partial charge in [0.2, 0.25) is 5.95 Å². The summed E-state index contributed by atoms with van der Waals surface area (Å²) in [4.78, 5) is 9.87. The number of nitrogen functional groups attached to an aromatic ring is 2. The molecule has 4 rings (SSSR count). The fraction of sp³-hybridized carbons (Fsp3) is 0.524. The highest BCUT2D eigenvalue weighted by Crippen LogP contribution is 2.23. The zero-order valence-corrected chi connectivity index (χ0v) is 16.4. The molecule has 0 bridgehead atoms. The molecule has 2 aromatic heterocycles. The lowest BCUT2D eigenvalue weighted by atomic mass is 10.2. The molecule has 1 aliphatic carbocycles. The molecule has 1 saturated carbocycles. The van der Waals surface area contributed by atoms with Crippen molar-refractivity contribution in [3.63, 3.8) is 0 Å². The quantitative estimate of drug-likeness (QED) is 0.719. The number of pyridine rings is 2. The molecule has 4 N–H and O–H groups in total. The minimum Gasteiger partial charge on any atom is -0.384 e. The Balaban J connectivity index is 0.000000159. The Bertz CT molecular complexity index is 671. The van der Waals surface area contributed by atoms with Gasteiger partial charge in [0.25, 0.3) is 0 Å². The van der Waals surface area contributed by atoms with Gasteiger partial charge < -0.3 is 16.4 Å². The maximum Gasteiger partial charge on any atom is 0.214 e. The molecule has 2 fully saturated rings. The molecular weight excluding hydrogens is 341 g/mol. The standard InChI is InChI=1S/C10H15N3.C6H12.C5H5FN2/c1-8-5-6-13(7-8)10-4-2-3-9(11)12-10;1-6-4-2-3-5-6;6-4-2-1-3-5(7)8-4/h2-4,8H,5-7H2,1H3,(H2,11,12);6H,2-5H2,1H3;1-3H,(H2,7,8). The van der Waals surface area contributed by atoms with Crippen molar-refractivity contribution in [3.8, 4) is 0 Å². The summed E-state index contributed by atoms with van der Waals surface area (Å²) in [5, 5.41) is 0. The molecule has 0 amide bonds. The largest absolute Gasteiger partial charge is 0.384 e. The predicted octanol–water partition coefficient (Wildman–Crippen LogP) is 4.51. The van der Waals surface area contributed by atoms with Gasteiger partial charge in [0.15, 0.2) is 0 Å². The zero-order chi connectivity index (χ0) is 19.6. The van der Waals surface area contributed by atoms with Crippen LogP contribution in [0.5, 0.6) is 0 Å². The monoisotopic (exact) mass is 373 g/mol. The van der Waals surface area contributed by atoms with E-state index in [9.17, 15) is 4.39 Å². The van der Waals surface area contributed by atoms with Crippen molar-refractivity contribution in [3.05, 3.63) is 42.3 Å². The molecule has 3 heterocycles. The molecule has 1 aliphatic heterocycles. The van der Waals surface area contributed by atoms with Crippen molar-refractivity contribution < 1.29 is 4.39 Å². The number of rotatable bonds is 1. The van der Waals surface area contributed by atoms with E-state index >= 15 is 0 Å². The highest BCUT2D eigenvalue weighted by molar-refractivity contribution is 5.45. The van der Waals surface area contributed by atoms with Gasteiger partial charge in [-0.1, -0.05) is 51.7 Å². The lowest BCUT2D eigenvalue weighted by Crippen LogP contribution is -2.20. The van der Waals surface area contributed by atoms with Crippen LogP contribution in [0.4, 0.5) is 21.8 Å². The van der Waals surface area contributed by atoms with Crippen LogP contribution in [-0.2, 0) is 0 Å². The third-order valence-corrected chi connectivity index (χ3v) is 4.88. The Morgan fingerprint density at radius 1 is 0.889 bits per heavy atom. The first-order valence-corrected chi connectivity index (χ1v) is 9.79. The van der Waals surface area contributed by atoms with E-state index in [1.165, 1.54) is 50.3 Å². The Labute approximate surface area is 162 Å². The number of hydrogen-bond acceptors (Lipinski definition) is 5. The minimum atomic E-state index is -0.537. The first-order chi connectivity index (χ1) is 12.9. The maximum absolute atomic E-state index is 12.0. The molecule has 0 spiro atoms. The van der Waals surface area contributed by atoms with Crippen LogP contribution in [0.25, 0.3) is 0 Å². The molecule has 5 nitrogen and oxygen atoms in total. The fourth-order valence-corrected chi connectivity index (χ4v) is 3.31. The van der Waals surface area contributed by atoms with Gasteiger partial charge in [-0.25, -0.2) is 9.97 Å². The molecule has 2 aliphatic rings. The number of nitrogens with zero attached hydrogens (tertiary/aromatic N) is 3. The van der Waals surface area contributed by atoms with Crippen molar-refractivity contribution >= 4 is 17.5 Å². The second-order valence-corrected chi connectivity index (χ2v) is 7.54. The predicted molar refractivity (Wildman–Crippen MR) is 111 cm³/mol. The van der Waals surface area contributed by atoms with Crippen molar-refractivity contribution in [2.24, 2.45) is 11.8 Å². The van der Waals surface area contributed by atoms with Crippen LogP contribution in [0.15, 0.2) is 36.4 Å². The van der Waals surface area contributed by atoms with Gasteiger partial charge in [-0.2, -0.15) is 4.39 Å². The number of nitrogens with two attached hydrogens (primary N) is 2. The fourth-order valence-electron chi connectivity index (χ4n) is 3.31. The third-order valence-electron chi connectivity index (χ3n) is 4.88. The molecule has 1 unspecified atom stereocenters. The Morgan fingerprint density at radius 3 is 1.93 bits per heavy atom. The highest BCUT2D eigenvalue weighted by Gasteiger charge is 2.19. The zero-order valence-electron chi connectivity index (χ0n) is 16.4. The molecule has 0 aromatic carbocycles. The molecule has 0 radical (unpaired) electrons. The van der Waals surface area contributed by atoms with Gasteiger partial charge in [0.05, 0.1) is 0 Å². The van der Waals surface area contributed by atoms with Crippen LogP contribution in [0.2, 0.25) is 0 Å². The second kappa shape index (κ2) is 10.7. The van der Waals surface area contributed by atoms with Gasteiger partial charge in [-0.3, -0.25) is 0 Å². The Hall–Kier alpha value is -2.37. The van der Waals surface area contributed by atoms with E-state index in [4.69, 9.17) is 11.5 Å². The van der Waals surface area contributed by atoms with E-state index in [2.05, 4.69) is 28.7 Å². The normalized spacial score (nSPS) is 19.1. The van der Waals surface area contributed by atoms with Crippen LogP contribution in [0.3, 0.4) is 0 Å². The van der Waals surface area contributed by atoms with Crippen molar-refractivity contribution in [2.75, 3.05) is 29.5 Å². The lowest BCUT2D eigenvalue weighted by Gasteiger charge is -2.16. The highest BCUT2D eigenvalue weighted by atomic mass is 19.1. The van der Waals surface area contributed by atoms with Crippen LogP contribution >= 0.6 is 0 Å². The average molecular weight is 374 g/mol. The van der Waals surface area contributed by atoms with Gasteiger partial charge in [0, 0.05) is 13.1 Å². The maximum atomic E-state index is 12.0. The molecule has 1 atom stereocenters. The number of aromatic nitrogens is 2. The summed E-state index contributed by atoms with van der Waals surface area (Å²) in [6.45, 7) is 6.83. The topological polar surface area (TPSA) is 81.1 Å². The van der Waals surface area contributed by atoms with Crippen molar-refractivity contribution in [2.45, 2.75) is 46.0 Å². The number of halogens is 1. The summed E-state index contributed by atoms with van der Waals surface area (Å²) in [6.07, 6.45) is 7.21. The van der Waals surface area contributed by atoms with Gasteiger partial charge in [0.1, 0.15) is 17.5 Å². The first-order valence-electron chi connectivity index (χ1n) is 9.79.